The third-order valence-corrected chi connectivity index (χ3v) is 8.58. The Labute approximate surface area is 243 Å². The maximum atomic E-state index is 13.4. The highest BCUT2D eigenvalue weighted by molar-refractivity contribution is 7.29. The Balaban J connectivity index is 1.73. The van der Waals surface area contributed by atoms with Gasteiger partial charge in [0.05, 0.1) is 32.1 Å². The minimum atomic E-state index is -0.662. The van der Waals surface area contributed by atoms with Gasteiger partial charge in [0, 0.05) is 48.1 Å². The van der Waals surface area contributed by atoms with Crippen molar-refractivity contribution in [2.24, 2.45) is 5.41 Å². The van der Waals surface area contributed by atoms with E-state index in [1.54, 1.807) is 45.3 Å². The molecule has 1 amide bonds. The summed E-state index contributed by atoms with van der Waals surface area (Å²) in [4.78, 5) is 37.5. The van der Waals surface area contributed by atoms with Crippen molar-refractivity contribution in [1.82, 2.24) is 24.2 Å². The molecule has 220 valence electrons. The summed E-state index contributed by atoms with van der Waals surface area (Å²) >= 11 is 0. The number of hydrogen-bond acceptors (Lipinski definition) is 7. The van der Waals surface area contributed by atoms with Gasteiger partial charge in [0.2, 0.25) is 11.9 Å². The molecule has 10 nitrogen and oxygen atoms in total. The highest BCUT2D eigenvalue weighted by Gasteiger charge is 2.38. The molecular formula is C30H41N6O4P. The molecule has 0 aliphatic carbocycles. The van der Waals surface area contributed by atoms with Crippen LogP contribution in [0.2, 0.25) is 0 Å². The summed E-state index contributed by atoms with van der Waals surface area (Å²) < 4.78 is 17.1. The Kier molecular flexibility index (Phi) is 9.66. The molecule has 0 aromatic carbocycles. The van der Waals surface area contributed by atoms with Gasteiger partial charge in [0.1, 0.15) is 6.23 Å². The van der Waals surface area contributed by atoms with Crippen molar-refractivity contribution in [1.29, 1.82) is 0 Å². The fraction of sp³-hybridized carbons (Fsp3) is 0.533. The van der Waals surface area contributed by atoms with Crippen LogP contribution in [0.25, 0.3) is 11.0 Å². The standard InChI is InChI=1S/C30H41N6O4P/c1-9-22-23(40-41-36(18(2)3)19(4)5)16-24(39-22)35-17-21(11-10-20-12-14-31-15-13-20)25-26(35)32-29(33-27(25)37)34-28(38)30(6,7)8/h12-15,17-19,22-24,41H,9,16H2,1-8H3,(H2,32,33,34,37,38)/t22-,23-,24-/m1/s1. The van der Waals surface area contributed by atoms with Crippen LogP contribution in [0.4, 0.5) is 5.95 Å². The molecule has 0 spiro atoms. The van der Waals surface area contributed by atoms with E-state index in [1.807, 2.05) is 10.8 Å². The third kappa shape index (κ3) is 7.22. The number of fused-ring (bicyclic) bond motifs is 1. The van der Waals surface area contributed by atoms with Gasteiger partial charge in [0.25, 0.3) is 5.56 Å². The normalized spacial score (nSPS) is 19.5. The first-order chi connectivity index (χ1) is 19.4. The predicted molar refractivity (Wildman–Crippen MR) is 163 cm³/mol. The molecular weight excluding hydrogens is 539 g/mol. The second-order valence-corrected chi connectivity index (χ2v) is 12.8. The number of carbonyl (C=O) groups is 1. The largest absolute Gasteiger partial charge is 0.352 e. The zero-order chi connectivity index (χ0) is 29.9. The summed E-state index contributed by atoms with van der Waals surface area (Å²) in [6.07, 6.45) is 5.88. The van der Waals surface area contributed by atoms with E-state index in [0.717, 1.165) is 12.0 Å². The molecule has 4 rings (SSSR count). The van der Waals surface area contributed by atoms with Gasteiger partial charge in [-0.15, -0.1) is 0 Å². The minimum Gasteiger partial charge on any atom is -0.352 e. The average molecular weight is 581 g/mol. The summed E-state index contributed by atoms with van der Waals surface area (Å²) in [5.74, 6) is 6.07. The summed E-state index contributed by atoms with van der Waals surface area (Å²) in [5, 5.41) is 3.09. The number of ether oxygens (including phenoxy) is 1. The van der Waals surface area contributed by atoms with Crippen LogP contribution in [0.1, 0.15) is 85.6 Å². The molecule has 4 atom stereocenters. The van der Waals surface area contributed by atoms with Crippen LogP contribution in [0.15, 0.2) is 35.5 Å². The van der Waals surface area contributed by atoms with Crippen molar-refractivity contribution >= 4 is 31.8 Å². The quantitative estimate of drug-likeness (QED) is 0.278. The Bertz CT molecular complexity index is 1470. The Hall–Kier alpha value is -3.09. The zero-order valence-corrected chi connectivity index (χ0v) is 26.1. The highest BCUT2D eigenvalue weighted by atomic mass is 31.1. The lowest BCUT2D eigenvalue weighted by molar-refractivity contribution is -0.123. The van der Waals surface area contributed by atoms with E-state index in [1.165, 1.54) is 0 Å². The van der Waals surface area contributed by atoms with E-state index >= 15 is 0 Å². The first-order valence-electron chi connectivity index (χ1n) is 14.1. The topological polar surface area (TPSA) is 114 Å². The molecule has 0 saturated carbocycles. The fourth-order valence-electron chi connectivity index (χ4n) is 4.69. The maximum absolute atomic E-state index is 13.4. The molecule has 1 aliphatic heterocycles. The number of aromatic amines is 1. The van der Waals surface area contributed by atoms with Gasteiger partial charge in [-0.05, 0) is 46.2 Å². The van der Waals surface area contributed by atoms with Crippen LogP contribution in [-0.4, -0.2) is 54.4 Å². The number of aromatic nitrogens is 4. The summed E-state index contributed by atoms with van der Waals surface area (Å²) in [6.45, 7) is 16.1. The lowest BCUT2D eigenvalue weighted by Crippen LogP contribution is -2.31. The smallest absolute Gasteiger partial charge is 0.263 e. The second kappa shape index (κ2) is 12.8. The van der Waals surface area contributed by atoms with Crippen molar-refractivity contribution in [2.75, 3.05) is 5.32 Å². The van der Waals surface area contributed by atoms with Crippen molar-refractivity contribution in [3.8, 4) is 11.8 Å². The number of carbonyl (C=O) groups excluding carboxylic acids is 1. The van der Waals surface area contributed by atoms with Crippen LogP contribution in [0.5, 0.6) is 0 Å². The molecule has 41 heavy (non-hydrogen) atoms. The van der Waals surface area contributed by atoms with Crippen molar-refractivity contribution < 1.29 is 14.1 Å². The van der Waals surface area contributed by atoms with Crippen molar-refractivity contribution in [3.05, 3.63) is 52.2 Å². The molecule has 0 bridgehead atoms. The molecule has 3 aromatic rings. The first kappa shape index (κ1) is 30.9. The lowest BCUT2D eigenvalue weighted by Gasteiger charge is -2.31. The van der Waals surface area contributed by atoms with Crippen molar-refractivity contribution in [3.63, 3.8) is 0 Å². The number of nitrogens with zero attached hydrogens (tertiary/aromatic N) is 4. The predicted octanol–water partition coefficient (Wildman–Crippen LogP) is 5.21. The Morgan fingerprint density at radius 3 is 2.54 bits per heavy atom. The zero-order valence-electron chi connectivity index (χ0n) is 25.1. The van der Waals surface area contributed by atoms with Crippen LogP contribution >= 0.6 is 8.96 Å². The molecule has 1 unspecified atom stereocenters. The number of H-pyrrole nitrogens is 1. The number of anilines is 1. The summed E-state index contributed by atoms with van der Waals surface area (Å²) in [6, 6.07) is 4.33. The van der Waals surface area contributed by atoms with Crippen LogP contribution in [-0.2, 0) is 14.1 Å². The summed E-state index contributed by atoms with van der Waals surface area (Å²) in [7, 11) is 0.211. The van der Waals surface area contributed by atoms with Crippen LogP contribution in [0, 0.1) is 17.3 Å². The number of hydrogen-bond donors (Lipinski definition) is 2. The van der Waals surface area contributed by atoms with Gasteiger partial charge in [0.15, 0.2) is 5.65 Å². The third-order valence-electron chi connectivity index (χ3n) is 6.93. The molecule has 1 fully saturated rings. The number of amides is 1. The number of nitrogens with one attached hydrogen (secondary N) is 2. The molecule has 11 heteroatoms. The monoisotopic (exact) mass is 580 g/mol. The number of pyridine rings is 1. The van der Waals surface area contributed by atoms with Crippen LogP contribution < -0.4 is 10.9 Å². The Morgan fingerprint density at radius 1 is 1.24 bits per heavy atom. The number of rotatable bonds is 8. The van der Waals surface area contributed by atoms with Crippen molar-refractivity contribution in [2.45, 2.75) is 98.8 Å². The van der Waals surface area contributed by atoms with Gasteiger partial charge in [-0.25, -0.2) is 0 Å². The van der Waals surface area contributed by atoms with E-state index in [9.17, 15) is 9.59 Å². The lowest BCUT2D eigenvalue weighted by atomic mass is 9.96. The van der Waals surface area contributed by atoms with E-state index in [-0.39, 0.29) is 38.6 Å². The Morgan fingerprint density at radius 2 is 1.93 bits per heavy atom. The molecule has 0 radical (unpaired) electrons. The van der Waals surface area contributed by atoms with Gasteiger partial charge in [-0.3, -0.25) is 29.5 Å². The van der Waals surface area contributed by atoms with E-state index < -0.39 is 11.6 Å². The molecule has 1 saturated heterocycles. The minimum absolute atomic E-state index is 0.0826. The molecule has 1 aliphatic rings. The second-order valence-electron chi connectivity index (χ2n) is 11.9. The van der Waals surface area contributed by atoms with Gasteiger partial charge in [-0.2, -0.15) is 4.98 Å². The van der Waals surface area contributed by atoms with Gasteiger partial charge >= 0.3 is 0 Å². The maximum Gasteiger partial charge on any atom is 0.263 e. The molecule has 2 N–H and O–H groups in total. The summed E-state index contributed by atoms with van der Waals surface area (Å²) in [5.41, 5.74) is 0.640. The fourth-order valence-corrected chi connectivity index (χ4v) is 5.62. The van der Waals surface area contributed by atoms with E-state index in [2.05, 4.69) is 71.4 Å². The first-order valence-corrected chi connectivity index (χ1v) is 15.0. The van der Waals surface area contributed by atoms with E-state index in [4.69, 9.17) is 9.26 Å². The average Bonchev–Trinajstić information content (AvgIpc) is 3.48. The van der Waals surface area contributed by atoms with E-state index in [0.29, 0.717) is 35.1 Å². The highest BCUT2D eigenvalue weighted by Crippen LogP contribution is 2.39. The SMILES string of the molecule is CC[C@H]1O[C@@H](n2cc(C#Cc3ccncc3)c3c(=O)[nH]c(NC(=O)C(C)(C)C)nc32)C[C@H]1OPN(C(C)C)C(C)C. The molecule has 4 heterocycles. The molecule has 3 aromatic heterocycles. The van der Waals surface area contributed by atoms with Gasteiger partial charge < -0.3 is 13.8 Å². The van der Waals surface area contributed by atoms with Gasteiger partial charge in [-0.1, -0.05) is 39.5 Å². The van der Waals surface area contributed by atoms with Crippen LogP contribution in [0.3, 0.4) is 0 Å².